The molecule has 2 heterocycles. The largest absolute Gasteiger partial charge is 0.478 e. The molecule has 0 radical (unpaired) electrons. The van der Waals surface area contributed by atoms with Crippen molar-refractivity contribution in [2.75, 3.05) is 19.0 Å². The molecule has 5 aromatic rings. The van der Waals surface area contributed by atoms with Crippen molar-refractivity contribution in [2.24, 2.45) is 23.2 Å². The van der Waals surface area contributed by atoms with Gasteiger partial charge in [-0.3, -0.25) is 33.6 Å². The lowest BCUT2D eigenvalue weighted by molar-refractivity contribution is -0.144. The summed E-state index contributed by atoms with van der Waals surface area (Å²) in [6, 6.07) is 26.9. The molecular formula is C69H92N8O10. The molecule has 5 N–H and O–H groups in total. The van der Waals surface area contributed by atoms with Crippen LogP contribution < -0.4 is 20.9 Å². The van der Waals surface area contributed by atoms with E-state index in [1.165, 1.54) is 11.8 Å². The van der Waals surface area contributed by atoms with Gasteiger partial charge in [-0.25, -0.2) is 4.79 Å². The first-order chi connectivity index (χ1) is 41.1. The zero-order valence-corrected chi connectivity index (χ0v) is 53.6. The molecule has 18 nitrogen and oxygen atoms in total. The molecule has 1 aromatic heterocycles. The van der Waals surface area contributed by atoms with Crippen LogP contribution in [0.3, 0.4) is 0 Å². The number of fused-ring (bicyclic) bond motifs is 5. The minimum absolute atomic E-state index is 0.00840. The number of nitrogens with one attached hydrogen (secondary N) is 4. The molecule has 87 heavy (non-hydrogen) atoms. The molecular weight excluding hydrogens is 1100 g/mol. The quantitative estimate of drug-likeness (QED) is 0.0187. The summed E-state index contributed by atoms with van der Waals surface area (Å²) in [5.41, 5.74) is 6.22. The number of amides is 4. The van der Waals surface area contributed by atoms with Crippen LogP contribution in [0.1, 0.15) is 150 Å². The number of carboxylic acid groups (broad SMARTS) is 1. The van der Waals surface area contributed by atoms with E-state index in [1.54, 1.807) is 56.3 Å². The number of nitrogens with zero attached hydrogens (tertiary/aromatic N) is 4. The van der Waals surface area contributed by atoms with Crippen molar-refractivity contribution in [3.63, 3.8) is 0 Å². The molecule has 0 aliphatic carbocycles. The number of likely N-dealkylation sites (N-methyl/N-ethyl adjacent to an activating group) is 2. The van der Waals surface area contributed by atoms with Crippen LogP contribution in [-0.2, 0) is 74.5 Å². The van der Waals surface area contributed by atoms with Crippen molar-refractivity contribution in [3.8, 4) is 22.5 Å². The maximum absolute atomic E-state index is 14.2. The highest BCUT2D eigenvalue weighted by molar-refractivity contribution is 6.00. The molecule has 4 amide bonds. The van der Waals surface area contributed by atoms with Crippen LogP contribution in [0, 0.1) is 23.2 Å². The van der Waals surface area contributed by atoms with E-state index in [4.69, 9.17) is 4.74 Å². The van der Waals surface area contributed by atoms with Crippen molar-refractivity contribution < 1.29 is 48.2 Å². The highest BCUT2D eigenvalue weighted by Gasteiger charge is 2.42. The lowest BCUT2D eigenvalue weighted by Crippen LogP contribution is -2.61. The van der Waals surface area contributed by atoms with E-state index in [2.05, 4.69) is 31.4 Å². The number of aliphatic carboxylic acids is 1. The third-order valence-corrected chi connectivity index (χ3v) is 16.2. The Labute approximate surface area is 514 Å². The Morgan fingerprint density at radius 2 is 1.33 bits per heavy atom. The molecule has 1 aliphatic heterocycles. The summed E-state index contributed by atoms with van der Waals surface area (Å²) >= 11 is 0. The van der Waals surface area contributed by atoms with Gasteiger partial charge < -0.3 is 35.6 Å². The summed E-state index contributed by atoms with van der Waals surface area (Å²) in [5.74, 6) is -3.95. The predicted octanol–water partition coefficient (Wildman–Crippen LogP) is 10.3. The van der Waals surface area contributed by atoms with Crippen molar-refractivity contribution >= 4 is 52.8 Å². The van der Waals surface area contributed by atoms with Crippen LogP contribution in [-0.4, -0.2) is 111 Å². The molecule has 1 aliphatic rings. The highest BCUT2D eigenvalue weighted by atomic mass is 16.5. The Hall–Kier alpha value is -8.12. The van der Waals surface area contributed by atoms with Gasteiger partial charge in [0, 0.05) is 60.8 Å². The van der Waals surface area contributed by atoms with Gasteiger partial charge in [-0.2, -0.15) is 15.4 Å². The summed E-state index contributed by atoms with van der Waals surface area (Å²) in [7, 11) is 3.29. The molecule has 0 fully saturated rings. The normalized spacial score (nSPS) is 14.0. The SMILES string of the molecule is CC.CN[C@H](C(=O)N[C@H](C(=O)N(C)[C@@H](/C=C(\C)C(=O)O)C(C)C)C(C)(C)C)C(C)(C)c1cccc(CC(=O)OCc2ccc(CC(=O)[C@H](C)NC(=O)[C@@H](CC(=O)CCCCC(=O)N3Cc4ccccc4-c4n[nH]nc4-c4ccccc43)C(C)C)cc2)c1. The fourth-order valence-electron chi connectivity index (χ4n) is 10.9. The summed E-state index contributed by atoms with van der Waals surface area (Å²) in [4.78, 5) is 111. The van der Waals surface area contributed by atoms with Gasteiger partial charge in [0.2, 0.25) is 23.6 Å². The van der Waals surface area contributed by atoms with E-state index in [0.717, 1.165) is 33.6 Å². The average Bonchev–Trinajstić information content (AvgIpc) is 1.99. The number of carboxylic acids is 1. The lowest BCUT2D eigenvalue weighted by Gasteiger charge is -2.40. The van der Waals surface area contributed by atoms with Crippen molar-refractivity contribution in [1.82, 2.24) is 36.3 Å². The van der Waals surface area contributed by atoms with E-state index in [0.29, 0.717) is 41.8 Å². The number of H-pyrrole nitrogens is 1. The molecule has 18 heteroatoms. The molecule has 468 valence electrons. The van der Waals surface area contributed by atoms with Crippen LogP contribution in [0.15, 0.2) is 109 Å². The number of Topliss-reactive ketones (excluding diaryl/α,β-unsaturated/α-hetero) is 2. The topological polar surface area (TPSA) is 250 Å². The Kier molecular flexibility index (Phi) is 25.2. The standard InChI is InChI=1S/C67H86N8O10.C2H6/c1-40(2)52(37-49(76)24-15-19-28-56(78)75-38-47-22-14-16-25-50(47)58-59(72-73-71-58)51-26-17-18-27-53(51)75)62(80)69-43(6)55(77)35-44-29-31-45(32-30-44)39-85-57(79)36-46-21-20-23-48(34-46)67(10,11)60(68-12)63(81)70-61(66(7,8)9)64(82)74(13)54(41(3)4)33-42(5)65(83)84;1-2/h14,16-18,20-23,25-27,29-34,40-41,43,52,54,60-61,68H,15,19,24,28,35-39H2,1-13H3,(H,69,80)(H,70,81)(H,83,84)(H,71,72,73);1-2H3/b42-33+;/t43-,52-,54-,60+,61+;/m0./s1. The number of rotatable bonds is 27. The van der Waals surface area contributed by atoms with Crippen LogP contribution in [0.5, 0.6) is 0 Å². The molecule has 0 spiro atoms. The first-order valence-corrected chi connectivity index (χ1v) is 30.3. The van der Waals surface area contributed by atoms with E-state index in [9.17, 15) is 43.5 Å². The van der Waals surface area contributed by atoms with E-state index >= 15 is 0 Å². The van der Waals surface area contributed by atoms with Gasteiger partial charge >= 0.3 is 11.9 Å². The van der Waals surface area contributed by atoms with E-state index < -0.39 is 58.8 Å². The maximum atomic E-state index is 14.2. The summed E-state index contributed by atoms with van der Waals surface area (Å²) < 4.78 is 5.67. The number of hydrogen-bond acceptors (Lipinski definition) is 12. The number of ether oxygens (including phenoxy) is 1. The fraction of sp³-hybridized carbons (Fsp3) is 0.478. The second kappa shape index (κ2) is 31.5. The predicted molar refractivity (Wildman–Crippen MR) is 339 cm³/mol. The first kappa shape index (κ1) is 69.6. The zero-order chi connectivity index (χ0) is 64.5. The van der Waals surface area contributed by atoms with Crippen LogP contribution in [0.4, 0.5) is 5.69 Å². The lowest BCUT2D eigenvalue weighted by atomic mass is 9.76. The summed E-state index contributed by atoms with van der Waals surface area (Å²) in [5, 5.41) is 30.2. The Bertz CT molecular complexity index is 3250. The molecule has 0 saturated carbocycles. The van der Waals surface area contributed by atoms with E-state index in [-0.39, 0.29) is 85.4 Å². The van der Waals surface area contributed by atoms with Crippen LogP contribution >= 0.6 is 0 Å². The third kappa shape index (κ3) is 18.5. The molecule has 0 unspecified atom stereocenters. The number of anilines is 1. The summed E-state index contributed by atoms with van der Waals surface area (Å²) in [6.07, 6.45) is 3.00. The number of unbranched alkanes of at least 4 members (excludes halogenated alkanes) is 1. The number of ketones is 2. The van der Waals surface area contributed by atoms with Gasteiger partial charge in [-0.15, -0.1) is 0 Å². The summed E-state index contributed by atoms with van der Waals surface area (Å²) in [6.45, 7) is 24.4. The van der Waals surface area contributed by atoms with Gasteiger partial charge in [0.15, 0.2) is 5.78 Å². The van der Waals surface area contributed by atoms with Gasteiger partial charge in [0.25, 0.3) is 0 Å². The molecule has 0 bridgehead atoms. The van der Waals surface area contributed by atoms with Crippen molar-refractivity contribution in [3.05, 3.63) is 137 Å². The van der Waals surface area contributed by atoms with Crippen LogP contribution in [0.2, 0.25) is 0 Å². The number of para-hydroxylation sites is 1. The van der Waals surface area contributed by atoms with Crippen molar-refractivity contribution in [1.29, 1.82) is 0 Å². The molecule has 0 saturated heterocycles. The Balaban J connectivity index is 0.00000683. The first-order valence-electron chi connectivity index (χ1n) is 30.3. The number of aromatic amines is 1. The second-order valence-electron chi connectivity index (χ2n) is 24.8. The molecule has 5 atom stereocenters. The third-order valence-electron chi connectivity index (χ3n) is 16.2. The molecule has 6 rings (SSSR count). The second-order valence-corrected chi connectivity index (χ2v) is 24.8. The minimum Gasteiger partial charge on any atom is -0.478 e. The maximum Gasteiger partial charge on any atom is 0.331 e. The Morgan fingerprint density at radius 1 is 0.724 bits per heavy atom. The van der Waals surface area contributed by atoms with Gasteiger partial charge in [0.05, 0.1) is 36.8 Å². The fourth-order valence-corrected chi connectivity index (χ4v) is 10.9. The number of aromatic nitrogens is 3. The number of esters is 1. The smallest absolute Gasteiger partial charge is 0.331 e. The van der Waals surface area contributed by atoms with Gasteiger partial charge in [0.1, 0.15) is 29.8 Å². The van der Waals surface area contributed by atoms with Crippen molar-refractivity contribution in [2.45, 2.75) is 178 Å². The monoisotopic (exact) mass is 1190 g/mol. The van der Waals surface area contributed by atoms with E-state index in [1.807, 2.05) is 149 Å². The minimum atomic E-state index is -1.08. The average molecular weight is 1190 g/mol. The number of carbonyl (C=O) groups excluding carboxylic acids is 7. The van der Waals surface area contributed by atoms with Gasteiger partial charge in [-0.05, 0) is 84.9 Å². The van der Waals surface area contributed by atoms with Gasteiger partial charge in [-0.1, -0.05) is 173 Å². The highest BCUT2D eigenvalue weighted by Crippen LogP contribution is 2.40. The number of carbonyl (C=O) groups is 8. The number of benzene rings is 4. The van der Waals surface area contributed by atoms with Crippen LogP contribution in [0.25, 0.3) is 22.5 Å². The molecule has 4 aromatic carbocycles. The zero-order valence-electron chi connectivity index (χ0n) is 53.6. The Morgan fingerprint density at radius 3 is 1.95 bits per heavy atom. The number of hydrogen-bond donors (Lipinski definition) is 5.